The Morgan fingerprint density at radius 3 is 0.774 bits per heavy atom. The van der Waals surface area contributed by atoms with Gasteiger partial charge in [0, 0.05) is 23.5 Å². The molecule has 0 saturated carbocycles. The lowest BCUT2D eigenvalue weighted by Crippen LogP contribution is -2.41. The third-order valence-electron chi connectivity index (χ3n) is 19.8. The fourth-order valence-corrected chi connectivity index (χ4v) is 12.8. The summed E-state index contributed by atoms with van der Waals surface area (Å²) in [5, 5.41) is 9.84. The first kappa shape index (κ1) is 65.1. The van der Waals surface area contributed by atoms with E-state index in [-0.39, 0.29) is 29.8 Å². The summed E-state index contributed by atoms with van der Waals surface area (Å²) in [6, 6.07) is 82.1. The van der Waals surface area contributed by atoms with E-state index in [9.17, 15) is 0 Å². The summed E-state index contributed by atoms with van der Waals surface area (Å²) in [7, 11) is -1.43. The highest BCUT2D eigenvalue weighted by Crippen LogP contribution is 2.47. The van der Waals surface area contributed by atoms with Crippen LogP contribution in [-0.4, -0.2) is 64.7 Å². The Bertz CT molecular complexity index is 4460. The van der Waals surface area contributed by atoms with Crippen LogP contribution in [0.3, 0.4) is 0 Å². The molecule has 12 heteroatoms. The van der Waals surface area contributed by atoms with E-state index in [0.717, 1.165) is 21.3 Å². The Kier molecular flexibility index (Phi) is 17.7. The number of pyridine rings is 2. The van der Waals surface area contributed by atoms with Crippen LogP contribution in [0.5, 0.6) is 0 Å². The SMILES string of the molecule is Brc1ccc(-c2c3ccccc3c(-c3ccc(-c4ccccc4)cc3)c3ccccc23)cn1.C.CC1(C)OB(B2OC(C)(C)C(C)(C)O2)OC1(C)C.CC1(C)OB(c2ccc(-c3c4ccccc4c(-c4ccc(-c5ccccc5)cc4)c4ccccc34)cn2)OC1(C)C. The Balaban J connectivity index is 0.000000143. The molecule has 466 valence electrons. The van der Waals surface area contributed by atoms with Crippen molar-refractivity contribution in [2.75, 3.05) is 0 Å². The van der Waals surface area contributed by atoms with Gasteiger partial charge in [0.25, 0.3) is 0 Å². The van der Waals surface area contributed by atoms with Crippen LogP contribution in [0.4, 0.5) is 0 Å². The molecule has 15 rings (SSSR count). The topological polar surface area (TPSA) is 81.2 Å². The van der Waals surface area contributed by atoms with Gasteiger partial charge in [-0.1, -0.05) is 226 Å². The Morgan fingerprint density at radius 1 is 0.258 bits per heavy atom. The van der Waals surface area contributed by atoms with E-state index < -0.39 is 32.3 Å². The van der Waals surface area contributed by atoms with E-state index in [1.165, 1.54) is 98.7 Å². The molecule has 12 aromatic rings. The first-order valence-electron chi connectivity index (χ1n) is 31.8. The van der Waals surface area contributed by atoms with Gasteiger partial charge in [0.05, 0.1) is 39.2 Å². The molecule has 3 aliphatic heterocycles. The number of fused-ring (bicyclic) bond motifs is 4. The van der Waals surface area contributed by atoms with Gasteiger partial charge in [-0.25, -0.2) is 4.98 Å². The molecule has 8 nitrogen and oxygen atoms in total. The van der Waals surface area contributed by atoms with Gasteiger partial charge in [0.15, 0.2) is 0 Å². The van der Waals surface area contributed by atoms with Gasteiger partial charge < -0.3 is 27.9 Å². The molecule has 93 heavy (non-hydrogen) atoms. The molecule has 3 saturated heterocycles. The quantitative estimate of drug-likeness (QED) is 0.0846. The van der Waals surface area contributed by atoms with E-state index in [1.54, 1.807) is 0 Å². The van der Waals surface area contributed by atoms with Crippen LogP contribution >= 0.6 is 15.9 Å². The molecule has 0 N–H and O–H groups in total. The Morgan fingerprint density at radius 2 is 0.495 bits per heavy atom. The molecule has 0 aliphatic carbocycles. The summed E-state index contributed by atoms with van der Waals surface area (Å²) in [5.74, 6) is 0. The predicted molar refractivity (Wildman–Crippen MR) is 393 cm³/mol. The molecule has 0 atom stereocenters. The van der Waals surface area contributed by atoms with Crippen molar-refractivity contribution < 1.29 is 27.9 Å². The maximum Gasteiger partial charge on any atom is 0.514 e. The minimum absolute atomic E-state index is 0. The van der Waals surface area contributed by atoms with E-state index in [0.29, 0.717) is 0 Å². The minimum Gasteiger partial charge on any atom is -0.405 e. The first-order valence-corrected chi connectivity index (χ1v) is 32.6. The number of nitrogens with zero attached hydrogens (tertiary/aromatic N) is 2. The largest absolute Gasteiger partial charge is 0.514 e. The fourth-order valence-electron chi connectivity index (χ4n) is 12.6. The molecule has 0 radical (unpaired) electrons. The van der Waals surface area contributed by atoms with Crippen LogP contribution in [0, 0.1) is 0 Å². The normalized spacial score (nSPS) is 17.2. The summed E-state index contributed by atoms with van der Waals surface area (Å²) in [5.41, 5.74) is 13.0. The number of hydrogen-bond donors (Lipinski definition) is 0. The average molecular weight is 1290 g/mol. The van der Waals surface area contributed by atoms with Gasteiger partial charge in [0.1, 0.15) is 4.60 Å². The van der Waals surface area contributed by atoms with E-state index >= 15 is 0 Å². The number of rotatable bonds is 8. The van der Waals surface area contributed by atoms with Crippen molar-refractivity contribution >= 4 is 85.7 Å². The Labute approximate surface area is 558 Å². The van der Waals surface area contributed by atoms with Crippen molar-refractivity contribution in [1.82, 2.24) is 9.97 Å². The fraction of sp³-hybridized carbons (Fsp3) is 0.235. The molecule has 3 fully saturated rings. The Hall–Kier alpha value is -8.03. The average Bonchev–Trinajstić information content (AvgIpc) is 1.63. The third kappa shape index (κ3) is 12.4. The van der Waals surface area contributed by atoms with Crippen LogP contribution in [0.15, 0.2) is 248 Å². The standard InChI is InChI=1S/C37H32BNO2.C31H20BrN.C12H24B2O4.CH4/c1-36(2)37(3,4)41-38(40-36)33-23-22-28(24-39-33)35-31-16-10-8-14-29(31)34(30-15-9-11-17-32(30)35)27-20-18-26(19-21-27)25-12-6-5-7-13-25;32-29-19-18-24(20-33-29)31-27-12-6-4-10-25(27)30(26-11-5-7-13-28(26)31)23-16-14-22(15-17-23)21-8-2-1-3-9-21;1-9(2)10(3,4)16-13(15-9)14-17-11(5,6)12(7,8)18-14;/h5-24H,1-4H3;1-20H;1-8H3;1H4. The zero-order valence-corrected chi connectivity index (χ0v) is 56.1. The molecule has 0 amide bonds. The van der Waals surface area contributed by atoms with Crippen LogP contribution < -0.4 is 5.59 Å². The van der Waals surface area contributed by atoms with Crippen molar-refractivity contribution in [3.05, 3.63) is 248 Å². The first-order chi connectivity index (χ1) is 44.0. The molecule has 0 bridgehead atoms. The molecule has 0 spiro atoms. The molecular weight excluding hydrogens is 1210 g/mol. The highest BCUT2D eigenvalue weighted by molar-refractivity contribution is 9.10. The summed E-state index contributed by atoms with van der Waals surface area (Å²) in [4.78, 5) is 9.36. The highest BCUT2D eigenvalue weighted by Gasteiger charge is 2.64. The second-order valence-corrected chi connectivity index (χ2v) is 28.1. The lowest BCUT2D eigenvalue weighted by Gasteiger charge is -2.32. The van der Waals surface area contributed by atoms with Gasteiger partial charge >= 0.3 is 21.1 Å². The maximum absolute atomic E-state index is 6.25. The number of hydrogen-bond acceptors (Lipinski definition) is 8. The van der Waals surface area contributed by atoms with Crippen molar-refractivity contribution in [3.8, 4) is 66.8 Å². The van der Waals surface area contributed by atoms with Crippen molar-refractivity contribution in [1.29, 1.82) is 0 Å². The van der Waals surface area contributed by atoms with Gasteiger partial charge in [0.2, 0.25) is 0 Å². The highest BCUT2D eigenvalue weighted by atomic mass is 79.9. The van der Waals surface area contributed by atoms with Crippen molar-refractivity contribution in [3.63, 3.8) is 0 Å². The molecule has 10 aromatic carbocycles. The number of benzene rings is 10. The minimum atomic E-state index is -0.483. The second kappa shape index (κ2) is 25.4. The third-order valence-corrected chi connectivity index (χ3v) is 20.2. The number of halogens is 1. The lowest BCUT2D eigenvalue weighted by atomic mass is 9.49. The molecule has 2 aromatic heterocycles. The summed E-state index contributed by atoms with van der Waals surface area (Å²) in [6.45, 7) is 24.5. The maximum atomic E-state index is 6.25. The van der Waals surface area contributed by atoms with Gasteiger partial charge in [-0.15, -0.1) is 0 Å². The van der Waals surface area contributed by atoms with Gasteiger partial charge in [-0.05, 0) is 210 Å². The molecule has 0 unspecified atom stereocenters. The molecule has 3 aliphatic rings. The summed E-state index contributed by atoms with van der Waals surface area (Å²) in [6.07, 6.45) is 3.91. The smallest absolute Gasteiger partial charge is 0.405 e. The summed E-state index contributed by atoms with van der Waals surface area (Å²) < 4.78 is 37.2. The van der Waals surface area contributed by atoms with Crippen LogP contribution in [0.2, 0.25) is 0 Å². The molecular formula is C81H80B3BrN2O6. The monoisotopic (exact) mass is 1290 g/mol. The predicted octanol–water partition coefficient (Wildman–Crippen LogP) is 20.7. The van der Waals surface area contributed by atoms with Crippen LogP contribution in [0.1, 0.15) is 90.5 Å². The van der Waals surface area contributed by atoms with Crippen molar-refractivity contribution in [2.45, 2.75) is 124 Å². The molecule has 5 heterocycles. The zero-order chi connectivity index (χ0) is 64.4. The van der Waals surface area contributed by atoms with E-state index in [2.05, 4.69) is 267 Å². The van der Waals surface area contributed by atoms with Gasteiger partial charge in [-0.2, -0.15) is 0 Å². The van der Waals surface area contributed by atoms with Crippen molar-refractivity contribution in [2.24, 2.45) is 0 Å². The second-order valence-electron chi connectivity index (χ2n) is 27.2. The zero-order valence-electron chi connectivity index (χ0n) is 54.5. The van der Waals surface area contributed by atoms with Crippen LogP contribution in [0.25, 0.3) is 110 Å². The summed E-state index contributed by atoms with van der Waals surface area (Å²) >= 11 is 3.47. The number of aromatic nitrogens is 2. The van der Waals surface area contributed by atoms with E-state index in [4.69, 9.17) is 32.9 Å². The lowest BCUT2D eigenvalue weighted by molar-refractivity contribution is 0.00578. The van der Waals surface area contributed by atoms with Gasteiger partial charge in [-0.3, -0.25) is 4.98 Å². The van der Waals surface area contributed by atoms with Crippen LogP contribution in [-0.2, 0) is 27.9 Å². The van der Waals surface area contributed by atoms with E-state index in [1.807, 2.05) is 79.9 Å².